The quantitative estimate of drug-likeness (QED) is 0.717. The molecule has 0 aromatic carbocycles. The van der Waals surface area contributed by atoms with Crippen LogP contribution in [0.1, 0.15) is 61.6 Å². The summed E-state index contributed by atoms with van der Waals surface area (Å²) in [4.78, 5) is 10.9. The second-order valence-corrected chi connectivity index (χ2v) is 5.01. The third kappa shape index (κ3) is 2.15. The van der Waals surface area contributed by atoms with Crippen molar-refractivity contribution in [2.24, 2.45) is 5.92 Å². The van der Waals surface area contributed by atoms with Crippen molar-refractivity contribution in [3.63, 3.8) is 0 Å². The molecule has 0 saturated heterocycles. The number of aromatic nitrogens is 3. The highest BCUT2D eigenvalue weighted by Gasteiger charge is 2.27. The minimum atomic E-state index is 0.516. The molecular formula is C12H19N3O. The van der Waals surface area contributed by atoms with Crippen LogP contribution in [-0.4, -0.2) is 21.3 Å². The van der Waals surface area contributed by atoms with Gasteiger partial charge in [0.15, 0.2) is 6.29 Å². The van der Waals surface area contributed by atoms with Gasteiger partial charge in [0.2, 0.25) is 0 Å². The van der Waals surface area contributed by atoms with Crippen molar-refractivity contribution >= 4 is 6.29 Å². The maximum atomic E-state index is 10.9. The van der Waals surface area contributed by atoms with Gasteiger partial charge in [0.1, 0.15) is 5.69 Å². The van der Waals surface area contributed by atoms with Crippen LogP contribution in [-0.2, 0) is 6.54 Å². The van der Waals surface area contributed by atoms with Gasteiger partial charge in [-0.3, -0.25) is 4.79 Å². The van der Waals surface area contributed by atoms with E-state index in [4.69, 9.17) is 0 Å². The molecule has 0 bridgehead atoms. The van der Waals surface area contributed by atoms with Gasteiger partial charge in [-0.25, -0.2) is 4.68 Å². The monoisotopic (exact) mass is 221 g/mol. The van der Waals surface area contributed by atoms with Gasteiger partial charge in [-0.1, -0.05) is 25.5 Å². The summed E-state index contributed by atoms with van der Waals surface area (Å²) in [5.41, 5.74) is 1.62. The van der Waals surface area contributed by atoms with Crippen molar-refractivity contribution in [3.05, 3.63) is 11.4 Å². The molecule has 2 rings (SSSR count). The molecule has 0 aliphatic heterocycles. The van der Waals surface area contributed by atoms with E-state index in [-0.39, 0.29) is 0 Å². The van der Waals surface area contributed by atoms with Crippen molar-refractivity contribution < 1.29 is 4.79 Å². The van der Waals surface area contributed by atoms with Gasteiger partial charge in [-0.15, -0.1) is 5.10 Å². The lowest BCUT2D eigenvalue weighted by atomic mass is 9.82. The SMILES string of the molecule is CC(C)CCn1nnc(C=O)c1C1CCC1. The first-order valence-corrected chi connectivity index (χ1v) is 6.11. The number of carbonyl (C=O) groups excluding carboxylic acids is 1. The zero-order valence-electron chi connectivity index (χ0n) is 10.0. The Morgan fingerprint density at radius 1 is 1.50 bits per heavy atom. The average molecular weight is 221 g/mol. The smallest absolute Gasteiger partial charge is 0.172 e. The van der Waals surface area contributed by atoms with Gasteiger partial charge in [0.05, 0.1) is 5.69 Å². The fourth-order valence-electron chi connectivity index (χ4n) is 2.06. The van der Waals surface area contributed by atoms with Crippen LogP contribution in [0.15, 0.2) is 0 Å². The van der Waals surface area contributed by atoms with Crippen molar-refractivity contribution in [2.75, 3.05) is 0 Å². The summed E-state index contributed by atoms with van der Waals surface area (Å²) < 4.78 is 1.94. The van der Waals surface area contributed by atoms with Crippen molar-refractivity contribution in [1.82, 2.24) is 15.0 Å². The third-order valence-electron chi connectivity index (χ3n) is 3.32. The first kappa shape index (κ1) is 11.3. The van der Waals surface area contributed by atoms with Crippen LogP contribution in [0.25, 0.3) is 0 Å². The lowest BCUT2D eigenvalue weighted by Gasteiger charge is -2.26. The molecule has 1 fully saturated rings. The number of aryl methyl sites for hydroxylation is 1. The summed E-state index contributed by atoms with van der Waals surface area (Å²) in [6, 6.07) is 0. The van der Waals surface area contributed by atoms with Gasteiger partial charge >= 0.3 is 0 Å². The first-order chi connectivity index (χ1) is 7.72. The largest absolute Gasteiger partial charge is 0.296 e. The molecule has 4 heteroatoms. The van der Waals surface area contributed by atoms with E-state index in [1.165, 1.54) is 19.3 Å². The zero-order chi connectivity index (χ0) is 11.5. The molecule has 0 amide bonds. The summed E-state index contributed by atoms with van der Waals surface area (Å²) in [7, 11) is 0. The summed E-state index contributed by atoms with van der Waals surface area (Å²) in [5.74, 6) is 1.17. The number of carbonyl (C=O) groups is 1. The Morgan fingerprint density at radius 3 is 2.75 bits per heavy atom. The molecule has 0 spiro atoms. The predicted molar refractivity (Wildman–Crippen MR) is 61.5 cm³/mol. The van der Waals surface area contributed by atoms with E-state index in [9.17, 15) is 4.79 Å². The lowest BCUT2D eigenvalue weighted by Crippen LogP contribution is -2.17. The molecule has 1 aliphatic carbocycles. The number of rotatable bonds is 5. The van der Waals surface area contributed by atoms with Gasteiger partial charge in [-0.2, -0.15) is 0 Å². The minimum Gasteiger partial charge on any atom is -0.296 e. The van der Waals surface area contributed by atoms with Crippen LogP contribution in [0.2, 0.25) is 0 Å². The molecule has 0 N–H and O–H groups in total. The van der Waals surface area contributed by atoms with E-state index < -0.39 is 0 Å². The Labute approximate surface area is 96.0 Å². The molecule has 1 aromatic rings. The van der Waals surface area contributed by atoms with Crippen LogP contribution in [0.5, 0.6) is 0 Å². The Morgan fingerprint density at radius 2 is 2.25 bits per heavy atom. The minimum absolute atomic E-state index is 0.516. The van der Waals surface area contributed by atoms with E-state index >= 15 is 0 Å². The van der Waals surface area contributed by atoms with Crippen molar-refractivity contribution in [3.8, 4) is 0 Å². The molecule has 1 aromatic heterocycles. The molecule has 4 nitrogen and oxygen atoms in total. The number of hydrogen-bond donors (Lipinski definition) is 0. The average Bonchev–Trinajstić information content (AvgIpc) is 2.55. The second kappa shape index (κ2) is 4.76. The Balaban J connectivity index is 2.16. The summed E-state index contributed by atoms with van der Waals surface area (Å²) in [6.07, 6.45) is 5.54. The van der Waals surface area contributed by atoms with E-state index in [1.54, 1.807) is 0 Å². The highest BCUT2D eigenvalue weighted by molar-refractivity contribution is 5.73. The van der Waals surface area contributed by atoms with E-state index in [1.807, 2.05) is 4.68 Å². The van der Waals surface area contributed by atoms with Crippen molar-refractivity contribution in [1.29, 1.82) is 0 Å². The van der Waals surface area contributed by atoms with Crippen LogP contribution < -0.4 is 0 Å². The fraction of sp³-hybridized carbons (Fsp3) is 0.750. The molecule has 0 radical (unpaired) electrons. The third-order valence-corrected chi connectivity index (χ3v) is 3.32. The molecule has 0 unspecified atom stereocenters. The van der Waals surface area contributed by atoms with Crippen LogP contribution in [0.3, 0.4) is 0 Å². The standard InChI is InChI=1S/C12H19N3O/c1-9(2)6-7-15-12(10-4-3-5-10)11(8-16)13-14-15/h8-10H,3-7H2,1-2H3. The number of nitrogens with zero attached hydrogens (tertiary/aromatic N) is 3. The number of hydrogen-bond acceptors (Lipinski definition) is 3. The van der Waals surface area contributed by atoms with Gasteiger partial charge in [0.25, 0.3) is 0 Å². The lowest BCUT2D eigenvalue weighted by molar-refractivity contribution is 0.111. The normalized spacial score (nSPS) is 16.4. The summed E-state index contributed by atoms with van der Waals surface area (Å²) >= 11 is 0. The highest BCUT2D eigenvalue weighted by Crippen LogP contribution is 2.37. The first-order valence-electron chi connectivity index (χ1n) is 6.11. The Kier molecular flexibility index (Phi) is 3.36. The molecule has 16 heavy (non-hydrogen) atoms. The van der Waals surface area contributed by atoms with E-state index in [0.29, 0.717) is 17.5 Å². The predicted octanol–water partition coefficient (Wildman–Crippen LogP) is 2.40. The van der Waals surface area contributed by atoms with Crippen LogP contribution in [0, 0.1) is 5.92 Å². The van der Waals surface area contributed by atoms with Gasteiger partial charge < -0.3 is 0 Å². The summed E-state index contributed by atoms with van der Waals surface area (Å²) in [5, 5.41) is 8.06. The fourth-order valence-corrected chi connectivity index (χ4v) is 2.06. The highest BCUT2D eigenvalue weighted by atomic mass is 16.1. The molecule has 88 valence electrons. The maximum absolute atomic E-state index is 10.9. The zero-order valence-corrected chi connectivity index (χ0v) is 10.0. The molecule has 1 saturated carbocycles. The number of aldehydes is 1. The van der Waals surface area contributed by atoms with Crippen molar-refractivity contribution in [2.45, 2.75) is 52.0 Å². The molecule has 1 heterocycles. The van der Waals surface area contributed by atoms with Crippen LogP contribution in [0.4, 0.5) is 0 Å². The Hall–Kier alpha value is -1.19. The van der Waals surface area contributed by atoms with Gasteiger partial charge in [-0.05, 0) is 25.2 Å². The molecule has 1 aliphatic rings. The summed E-state index contributed by atoms with van der Waals surface area (Å²) in [6.45, 7) is 5.27. The molecular weight excluding hydrogens is 202 g/mol. The van der Waals surface area contributed by atoms with E-state index in [2.05, 4.69) is 24.2 Å². The maximum Gasteiger partial charge on any atom is 0.172 e. The van der Waals surface area contributed by atoms with Crippen LogP contribution >= 0.6 is 0 Å². The van der Waals surface area contributed by atoms with E-state index in [0.717, 1.165) is 24.9 Å². The topological polar surface area (TPSA) is 47.8 Å². The molecule has 0 atom stereocenters. The second-order valence-electron chi connectivity index (χ2n) is 5.01. The van der Waals surface area contributed by atoms with Gasteiger partial charge in [0, 0.05) is 12.5 Å². The Bertz CT molecular complexity index is 366.